The molecule has 0 aromatic heterocycles. The molecule has 136 valence electrons. The second-order valence-electron chi connectivity index (χ2n) is 6.16. The number of allylic oxidation sites excluding steroid dienone is 4. The zero-order chi connectivity index (χ0) is 18.7. The summed E-state index contributed by atoms with van der Waals surface area (Å²) >= 11 is -2.50. The van der Waals surface area contributed by atoms with Crippen molar-refractivity contribution in [2.45, 2.75) is 39.5 Å². The van der Waals surface area contributed by atoms with Crippen LogP contribution < -0.4 is 5.30 Å². The molecule has 0 bridgehead atoms. The molecule has 0 N–H and O–H groups in total. The van der Waals surface area contributed by atoms with Gasteiger partial charge in [0, 0.05) is 0 Å². The normalized spacial score (nSPS) is 12.8. The molecule has 2 aromatic carbocycles. The number of halogens is 2. The third-order valence-corrected chi connectivity index (χ3v) is 5.39. The van der Waals surface area contributed by atoms with E-state index >= 15 is 0 Å². The van der Waals surface area contributed by atoms with Crippen LogP contribution in [0.1, 0.15) is 39.5 Å². The molecule has 0 heterocycles. The van der Waals surface area contributed by atoms with Crippen LogP contribution in [0.5, 0.6) is 0 Å². The second-order valence-corrected chi connectivity index (χ2v) is 8.69. The monoisotopic (exact) mass is 396 g/mol. The summed E-state index contributed by atoms with van der Waals surface area (Å²) in [7, 11) is 0.0576. The topological polar surface area (TPSA) is 0 Å². The van der Waals surface area contributed by atoms with E-state index in [1.165, 1.54) is 46.5 Å². The van der Waals surface area contributed by atoms with Crippen molar-refractivity contribution < 1.29 is 26.4 Å². The van der Waals surface area contributed by atoms with Crippen molar-refractivity contribution in [3.63, 3.8) is 0 Å². The van der Waals surface area contributed by atoms with Gasteiger partial charge in [-0.3, -0.25) is 6.08 Å². The Morgan fingerprint density at radius 3 is 2.44 bits per heavy atom. The van der Waals surface area contributed by atoms with Gasteiger partial charge in [0.05, 0.1) is 0 Å². The van der Waals surface area contributed by atoms with Crippen molar-refractivity contribution in [1.82, 2.24) is 0 Å². The van der Waals surface area contributed by atoms with Crippen molar-refractivity contribution in [2.24, 2.45) is 0 Å². The third kappa shape index (κ3) is 8.03. The Morgan fingerprint density at radius 2 is 1.92 bits per heavy atom. The Labute approximate surface area is 162 Å². The summed E-state index contributed by atoms with van der Waals surface area (Å²) in [4.78, 5) is 0. The molecule has 2 aromatic rings. The first-order valence-electron chi connectivity index (χ1n) is 8.59. The van der Waals surface area contributed by atoms with E-state index in [0.717, 1.165) is 6.42 Å². The fraction of sp³-hybridized carbons (Fsp3) is 0.381. The minimum absolute atomic E-state index is 0.0576. The van der Waals surface area contributed by atoms with Gasteiger partial charge in [-0.25, -0.2) is 11.1 Å². The minimum atomic E-state index is -2.50. The van der Waals surface area contributed by atoms with Gasteiger partial charge in [0.2, 0.25) is 0 Å². The molecule has 0 radical (unpaired) electrons. The summed E-state index contributed by atoms with van der Waals surface area (Å²) in [5, 5.41) is 4.26. The first kappa shape index (κ1) is 22.4. The first-order chi connectivity index (χ1) is 12.0. The van der Waals surface area contributed by atoms with Gasteiger partial charge in [0.25, 0.3) is 0 Å². The van der Waals surface area contributed by atoms with Gasteiger partial charge in [-0.15, -0.1) is 61.6 Å². The number of hydrogen-bond acceptors (Lipinski definition) is 0. The zero-order valence-corrected chi connectivity index (χ0v) is 18.0. The summed E-state index contributed by atoms with van der Waals surface area (Å²) in [5.41, 5.74) is 2.91. The standard InChI is InChI=1S/C11H12P.C10H15.2FH.Ti/c1-12(2)11-7-9-5-3-4-6-10(9)8-11;1-3-4-7-10-8-5-6-9(10)2;;;/h3-8H,1-2H3;6H,3-5,7H2,1-2H3;2*1H;/q2*-1;;;+2/p-2. The van der Waals surface area contributed by atoms with E-state index < -0.39 is 20.2 Å². The van der Waals surface area contributed by atoms with E-state index in [1.807, 2.05) is 0 Å². The van der Waals surface area contributed by atoms with Crippen molar-refractivity contribution in [1.29, 1.82) is 0 Å². The van der Waals surface area contributed by atoms with E-state index in [4.69, 9.17) is 0 Å². The van der Waals surface area contributed by atoms with Crippen LogP contribution in [0.3, 0.4) is 0 Å². The Bertz CT molecular complexity index is 653. The SMILES string of the molecule is CCCCC1=[C-]CC=C1C.CP(C)c1cc2ccccc2[cH-]1.[F][Ti][F]. The summed E-state index contributed by atoms with van der Waals surface area (Å²) < 4.78 is 19.5. The maximum absolute atomic E-state index is 9.75. The molecule has 3 rings (SSSR count). The van der Waals surface area contributed by atoms with Crippen LogP contribution in [0.4, 0.5) is 6.18 Å². The Hall–Kier alpha value is -0.686. The van der Waals surface area contributed by atoms with Crippen LogP contribution in [0, 0.1) is 6.08 Å². The molecule has 0 spiro atoms. The Balaban J connectivity index is 0.000000220. The molecule has 25 heavy (non-hydrogen) atoms. The molecule has 0 fully saturated rings. The molecule has 0 nitrogen and oxygen atoms in total. The van der Waals surface area contributed by atoms with Gasteiger partial charge in [-0.1, -0.05) is 32.3 Å². The van der Waals surface area contributed by atoms with Crippen molar-refractivity contribution in [2.75, 3.05) is 13.3 Å². The van der Waals surface area contributed by atoms with Crippen molar-refractivity contribution in [3.8, 4) is 0 Å². The van der Waals surface area contributed by atoms with Crippen LogP contribution in [0.25, 0.3) is 10.8 Å². The molecule has 4 heteroatoms. The third-order valence-electron chi connectivity index (χ3n) is 4.10. The predicted octanol–water partition coefficient (Wildman–Crippen LogP) is 7.02. The quantitative estimate of drug-likeness (QED) is 0.296. The number of unbranched alkanes of at least 4 members (excludes halogenated alkanes) is 1. The van der Waals surface area contributed by atoms with Gasteiger partial charge in [-0.2, -0.15) is 12.1 Å². The van der Waals surface area contributed by atoms with Crippen LogP contribution in [-0.4, -0.2) is 13.3 Å². The summed E-state index contributed by atoms with van der Waals surface area (Å²) in [6, 6.07) is 13.2. The van der Waals surface area contributed by atoms with Gasteiger partial charge < -0.3 is 0 Å². The molecule has 0 saturated heterocycles. The van der Waals surface area contributed by atoms with E-state index in [2.05, 4.69) is 75.7 Å². The summed E-state index contributed by atoms with van der Waals surface area (Å²) in [6.45, 7) is 9.01. The number of rotatable bonds is 4. The van der Waals surface area contributed by atoms with Crippen LogP contribution in [0.2, 0.25) is 0 Å². The van der Waals surface area contributed by atoms with Gasteiger partial charge >= 0.3 is 26.4 Å². The first-order valence-corrected chi connectivity index (χ1v) is 12.0. The molecule has 0 atom stereocenters. The molecule has 0 amide bonds. The van der Waals surface area contributed by atoms with Crippen LogP contribution in [0.15, 0.2) is 53.6 Å². The Morgan fingerprint density at radius 1 is 1.24 bits per heavy atom. The van der Waals surface area contributed by atoms with Crippen molar-refractivity contribution >= 4 is 24.0 Å². The summed E-state index contributed by atoms with van der Waals surface area (Å²) in [5.74, 6) is 0. The molecule has 1 aliphatic rings. The average Bonchev–Trinajstić information content (AvgIpc) is 3.20. The molecule has 0 unspecified atom stereocenters. The fourth-order valence-corrected chi connectivity index (χ4v) is 3.42. The van der Waals surface area contributed by atoms with Gasteiger partial charge in [0.1, 0.15) is 0 Å². The Kier molecular flexibility index (Phi) is 11.3. The molecule has 1 aliphatic carbocycles. The maximum atomic E-state index is 9.75. The number of hydrogen-bond donors (Lipinski definition) is 0. The molecular formula is C21H27F2PTi-2. The van der Waals surface area contributed by atoms with Gasteiger partial charge in [0.15, 0.2) is 0 Å². The molecule has 0 aliphatic heterocycles. The van der Waals surface area contributed by atoms with Crippen LogP contribution >= 0.6 is 7.92 Å². The van der Waals surface area contributed by atoms with Gasteiger partial charge in [-0.05, 0) is 13.3 Å². The summed E-state index contributed by atoms with van der Waals surface area (Å²) in [6.07, 6.45) is 10.5. The number of benzene rings is 1. The van der Waals surface area contributed by atoms with E-state index in [-0.39, 0.29) is 7.92 Å². The molecule has 0 saturated carbocycles. The number of fused-ring (bicyclic) bond motifs is 1. The van der Waals surface area contributed by atoms with E-state index in [0.29, 0.717) is 0 Å². The second kappa shape index (κ2) is 12.6. The predicted molar refractivity (Wildman–Crippen MR) is 105 cm³/mol. The van der Waals surface area contributed by atoms with E-state index in [9.17, 15) is 6.18 Å². The molecular weight excluding hydrogens is 369 g/mol. The van der Waals surface area contributed by atoms with Crippen LogP contribution in [-0.2, 0) is 20.2 Å². The average molecular weight is 396 g/mol. The fourth-order valence-electron chi connectivity index (χ4n) is 2.62. The van der Waals surface area contributed by atoms with Crippen molar-refractivity contribution in [3.05, 3.63) is 59.7 Å². The zero-order valence-electron chi connectivity index (χ0n) is 15.6. The van der Waals surface area contributed by atoms with E-state index in [1.54, 1.807) is 0 Å².